The summed E-state index contributed by atoms with van der Waals surface area (Å²) in [6, 6.07) is -1.09. The Labute approximate surface area is 217 Å². The first-order valence-electron chi connectivity index (χ1n) is 12.8. The van der Waals surface area contributed by atoms with E-state index in [1.54, 1.807) is 4.90 Å². The minimum Gasteiger partial charge on any atom is -0.408 e. The standard InChI is InChI=1S/C24H40N6O5S/c1-17(2)16-18(19(31)20-27-28-23(35-20)36-15-12-29(3)4)25-21(32)24(8-6-5-7-9-24)26-22(33)30-10-13-34-14-11-30/h17-18H,5-16H2,1-4H3,(H,25,32)(H,26,33). The first kappa shape index (κ1) is 28.4. The summed E-state index contributed by atoms with van der Waals surface area (Å²) >= 11 is 1.39. The third-order valence-electron chi connectivity index (χ3n) is 6.50. The lowest BCUT2D eigenvalue weighted by Gasteiger charge is -2.39. The maximum atomic E-state index is 13.7. The van der Waals surface area contributed by atoms with Gasteiger partial charge in [-0.25, -0.2) is 4.79 Å². The second-order valence-corrected chi connectivity index (χ2v) is 11.3. The van der Waals surface area contributed by atoms with Crippen LogP contribution in [0.25, 0.3) is 0 Å². The molecule has 2 aliphatic rings. The highest BCUT2D eigenvalue weighted by Crippen LogP contribution is 2.29. The molecule has 3 rings (SSSR count). The quantitative estimate of drug-likeness (QED) is 0.330. The lowest BCUT2D eigenvalue weighted by atomic mass is 9.80. The van der Waals surface area contributed by atoms with Crippen LogP contribution in [0.1, 0.15) is 63.1 Å². The molecule has 2 heterocycles. The number of nitrogens with zero attached hydrogens (tertiary/aromatic N) is 4. The normalized spacial score (nSPS) is 18.8. The zero-order valence-electron chi connectivity index (χ0n) is 21.9. The number of ketones is 1. The van der Waals surface area contributed by atoms with Gasteiger partial charge in [0.1, 0.15) is 5.54 Å². The van der Waals surface area contributed by atoms with E-state index in [0.717, 1.165) is 31.6 Å². The Kier molecular flexibility index (Phi) is 10.6. The van der Waals surface area contributed by atoms with Crippen LogP contribution in [0.4, 0.5) is 4.79 Å². The molecule has 1 saturated carbocycles. The highest BCUT2D eigenvalue weighted by molar-refractivity contribution is 7.99. The van der Waals surface area contributed by atoms with Gasteiger partial charge in [0.15, 0.2) is 0 Å². The Morgan fingerprint density at radius 1 is 1.11 bits per heavy atom. The molecule has 3 amide bonds. The van der Waals surface area contributed by atoms with Gasteiger partial charge in [0, 0.05) is 25.4 Å². The van der Waals surface area contributed by atoms with Gasteiger partial charge in [0.05, 0.1) is 19.3 Å². The molecule has 1 aliphatic carbocycles. The number of nitrogens with one attached hydrogen (secondary N) is 2. The molecule has 11 nitrogen and oxygen atoms in total. The Bertz CT molecular complexity index is 880. The largest absolute Gasteiger partial charge is 0.408 e. The zero-order valence-corrected chi connectivity index (χ0v) is 22.7. The summed E-state index contributed by atoms with van der Waals surface area (Å²) in [6.45, 7) is 6.75. The number of aromatic nitrogens is 2. The molecule has 2 fully saturated rings. The van der Waals surface area contributed by atoms with Crippen molar-refractivity contribution in [2.45, 2.75) is 69.2 Å². The number of amides is 3. The topological polar surface area (TPSA) is 130 Å². The molecule has 1 saturated heterocycles. The van der Waals surface area contributed by atoms with E-state index in [9.17, 15) is 14.4 Å². The van der Waals surface area contributed by atoms with Crippen molar-refractivity contribution in [2.75, 3.05) is 52.7 Å². The van der Waals surface area contributed by atoms with Gasteiger partial charge in [-0.1, -0.05) is 44.9 Å². The Morgan fingerprint density at radius 3 is 2.44 bits per heavy atom. The van der Waals surface area contributed by atoms with Crippen LogP contribution < -0.4 is 10.6 Å². The fourth-order valence-corrected chi connectivity index (χ4v) is 5.31. The van der Waals surface area contributed by atoms with Crippen LogP contribution in [0, 0.1) is 5.92 Å². The molecule has 36 heavy (non-hydrogen) atoms. The minimum atomic E-state index is -1.05. The van der Waals surface area contributed by atoms with E-state index < -0.39 is 17.4 Å². The Morgan fingerprint density at radius 2 is 1.81 bits per heavy atom. The van der Waals surface area contributed by atoms with E-state index in [2.05, 4.69) is 20.8 Å². The highest BCUT2D eigenvalue weighted by atomic mass is 32.2. The summed E-state index contributed by atoms with van der Waals surface area (Å²) in [5, 5.41) is 14.2. The number of carbonyl (C=O) groups excluding carboxylic acids is 3. The van der Waals surface area contributed by atoms with Crippen molar-refractivity contribution in [1.29, 1.82) is 0 Å². The van der Waals surface area contributed by atoms with E-state index in [4.69, 9.17) is 9.15 Å². The molecule has 1 aromatic heterocycles. The fourth-order valence-electron chi connectivity index (χ4n) is 4.45. The van der Waals surface area contributed by atoms with Crippen LogP contribution in [0.3, 0.4) is 0 Å². The molecule has 0 bridgehead atoms. The molecule has 1 unspecified atom stereocenters. The lowest BCUT2D eigenvalue weighted by molar-refractivity contribution is -0.129. The van der Waals surface area contributed by atoms with Crippen molar-refractivity contribution in [2.24, 2.45) is 5.92 Å². The Balaban J connectivity index is 1.71. The molecular formula is C24H40N6O5S. The number of thioether (sulfide) groups is 1. The van der Waals surface area contributed by atoms with Crippen LogP contribution in [0.15, 0.2) is 9.64 Å². The van der Waals surface area contributed by atoms with Crippen molar-refractivity contribution in [3.8, 4) is 0 Å². The van der Waals surface area contributed by atoms with E-state index in [-0.39, 0.29) is 23.7 Å². The van der Waals surface area contributed by atoms with Crippen molar-refractivity contribution in [1.82, 2.24) is 30.6 Å². The fraction of sp³-hybridized carbons (Fsp3) is 0.792. The summed E-state index contributed by atoms with van der Waals surface area (Å²) in [6.07, 6.45) is 4.15. The van der Waals surface area contributed by atoms with Crippen LogP contribution in [0.2, 0.25) is 0 Å². The first-order valence-corrected chi connectivity index (χ1v) is 13.8. The van der Waals surface area contributed by atoms with Gasteiger partial charge in [0.2, 0.25) is 11.7 Å². The monoisotopic (exact) mass is 524 g/mol. The van der Waals surface area contributed by atoms with E-state index in [1.165, 1.54) is 11.8 Å². The molecule has 1 atom stereocenters. The number of hydrogen-bond donors (Lipinski definition) is 2. The van der Waals surface area contributed by atoms with Crippen molar-refractivity contribution in [3.63, 3.8) is 0 Å². The third-order valence-corrected chi connectivity index (χ3v) is 7.30. The first-order chi connectivity index (χ1) is 17.2. The van der Waals surface area contributed by atoms with Gasteiger partial charge in [-0.15, -0.1) is 10.2 Å². The summed E-state index contributed by atoms with van der Waals surface area (Å²) in [5.41, 5.74) is -1.05. The maximum absolute atomic E-state index is 13.7. The minimum absolute atomic E-state index is 0.108. The number of hydrogen-bond acceptors (Lipinski definition) is 9. The lowest BCUT2D eigenvalue weighted by Crippen LogP contribution is -2.64. The van der Waals surface area contributed by atoms with Crippen LogP contribution >= 0.6 is 11.8 Å². The Hall–Kier alpha value is -2.18. The van der Waals surface area contributed by atoms with E-state index in [0.29, 0.717) is 50.8 Å². The number of urea groups is 1. The molecule has 0 radical (unpaired) electrons. The smallest absolute Gasteiger partial charge is 0.318 e. The zero-order chi connectivity index (χ0) is 26.1. The van der Waals surface area contributed by atoms with Gasteiger partial charge >= 0.3 is 6.03 Å². The van der Waals surface area contributed by atoms with E-state index in [1.807, 2.05) is 32.8 Å². The van der Waals surface area contributed by atoms with Crippen LogP contribution in [-0.4, -0.2) is 102 Å². The number of Topliss-reactive ketones (excluding diaryl/α,β-unsaturated/α-hetero) is 1. The highest BCUT2D eigenvalue weighted by Gasteiger charge is 2.43. The molecular weight excluding hydrogens is 484 g/mol. The van der Waals surface area contributed by atoms with Gasteiger partial charge in [-0.3, -0.25) is 9.59 Å². The molecule has 0 aromatic carbocycles. The van der Waals surface area contributed by atoms with Crippen molar-refractivity contribution in [3.05, 3.63) is 5.89 Å². The van der Waals surface area contributed by atoms with Gasteiger partial charge < -0.3 is 29.6 Å². The van der Waals surface area contributed by atoms with Crippen molar-refractivity contribution >= 4 is 29.5 Å². The molecule has 0 spiro atoms. The average Bonchev–Trinajstić information content (AvgIpc) is 3.32. The summed E-state index contributed by atoms with van der Waals surface area (Å²) in [4.78, 5) is 43.7. The van der Waals surface area contributed by atoms with Gasteiger partial charge in [-0.2, -0.15) is 0 Å². The second-order valence-electron chi connectivity index (χ2n) is 10.2. The molecule has 1 aliphatic heterocycles. The predicted molar refractivity (Wildman–Crippen MR) is 136 cm³/mol. The van der Waals surface area contributed by atoms with Crippen LogP contribution in [-0.2, 0) is 9.53 Å². The number of rotatable bonds is 11. The number of carbonyl (C=O) groups is 3. The van der Waals surface area contributed by atoms with E-state index >= 15 is 0 Å². The molecule has 2 N–H and O–H groups in total. The summed E-state index contributed by atoms with van der Waals surface area (Å²) in [5.74, 6) is 0.0439. The summed E-state index contributed by atoms with van der Waals surface area (Å²) in [7, 11) is 3.95. The third kappa shape index (κ3) is 7.91. The average molecular weight is 525 g/mol. The van der Waals surface area contributed by atoms with Gasteiger partial charge in [0.25, 0.3) is 11.1 Å². The molecule has 12 heteroatoms. The van der Waals surface area contributed by atoms with Crippen LogP contribution in [0.5, 0.6) is 0 Å². The summed E-state index contributed by atoms with van der Waals surface area (Å²) < 4.78 is 11.0. The number of morpholine rings is 1. The van der Waals surface area contributed by atoms with Gasteiger partial charge in [-0.05, 0) is 39.3 Å². The molecule has 1 aromatic rings. The number of ether oxygens (including phenoxy) is 1. The molecule has 202 valence electrons. The predicted octanol–water partition coefficient (Wildman–Crippen LogP) is 2.18. The maximum Gasteiger partial charge on any atom is 0.318 e. The van der Waals surface area contributed by atoms with Crippen molar-refractivity contribution < 1.29 is 23.5 Å². The second kappa shape index (κ2) is 13.4. The SMILES string of the molecule is CC(C)CC(NC(=O)C1(NC(=O)N2CCOCC2)CCCCC1)C(=O)c1nnc(SCCN(C)C)o1.